The van der Waals surface area contributed by atoms with E-state index in [1.54, 1.807) is 0 Å². The molecule has 1 atom stereocenters. The largest absolute Gasteiger partial charge is 0.320 e. The van der Waals surface area contributed by atoms with Gasteiger partial charge in [-0.1, -0.05) is 61.2 Å². The number of likely N-dealkylation sites (tertiary alicyclic amines) is 1. The summed E-state index contributed by atoms with van der Waals surface area (Å²) in [5.74, 6) is 2.61. The van der Waals surface area contributed by atoms with Crippen LogP contribution in [-0.4, -0.2) is 34.1 Å². The molecule has 1 unspecified atom stereocenters. The molecule has 1 aliphatic heterocycles. The number of hydrogen-bond acceptors (Lipinski definition) is 2. The molecule has 3 aromatic rings. The van der Waals surface area contributed by atoms with E-state index in [0.29, 0.717) is 5.92 Å². The van der Waals surface area contributed by atoms with Crippen molar-refractivity contribution in [3.63, 3.8) is 0 Å². The minimum absolute atomic E-state index is 0.632. The van der Waals surface area contributed by atoms with E-state index < -0.39 is 0 Å². The Morgan fingerprint density at radius 3 is 2.61 bits per heavy atom. The van der Waals surface area contributed by atoms with Crippen LogP contribution in [0.1, 0.15) is 49.9 Å². The molecule has 1 aliphatic carbocycles. The van der Waals surface area contributed by atoms with E-state index in [1.807, 2.05) is 12.1 Å². The SMILES string of the molecule is Clc1ccc(Cn2c(/C=C/C3CCN(CC4CCCCC4)C3)nc3ccccc32)cc1. The second-order valence-electron chi connectivity index (χ2n) is 9.34. The molecular weight excluding hydrogens is 402 g/mol. The molecule has 1 saturated carbocycles. The van der Waals surface area contributed by atoms with Gasteiger partial charge >= 0.3 is 0 Å². The van der Waals surface area contributed by atoms with Crippen LogP contribution in [0, 0.1) is 11.8 Å². The van der Waals surface area contributed by atoms with Crippen LogP contribution in [0.5, 0.6) is 0 Å². The number of para-hydroxylation sites is 2. The molecule has 0 bridgehead atoms. The number of fused-ring (bicyclic) bond motifs is 1. The second-order valence-corrected chi connectivity index (χ2v) is 9.78. The topological polar surface area (TPSA) is 21.1 Å². The van der Waals surface area contributed by atoms with Gasteiger partial charge in [-0.15, -0.1) is 0 Å². The van der Waals surface area contributed by atoms with Crippen molar-refractivity contribution in [1.29, 1.82) is 0 Å². The van der Waals surface area contributed by atoms with Crippen LogP contribution in [0.25, 0.3) is 17.1 Å². The van der Waals surface area contributed by atoms with E-state index in [4.69, 9.17) is 16.6 Å². The normalized spacial score (nSPS) is 20.9. The van der Waals surface area contributed by atoms with Crippen molar-refractivity contribution in [3.8, 4) is 0 Å². The summed E-state index contributed by atoms with van der Waals surface area (Å²) in [4.78, 5) is 7.63. The minimum Gasteiger partial charge on any atom is -0.320 e. The molecule has 1 aromatic heterocycles. The highest BCUT2D eigenvalue weighted by Gasteiger charge is 2.24. The van der Waals surface area contributed by atoms with Crippen LogP contribution >= 0.6 is 11.6 Å². The summed E-state index contributed by atoms with van der Waals surface area (Å²) in [6, 6.07) is 16.6. The summed E-state index contributed by atoms with van der Waals surface area (Å²) in [5, 5.41) is 0.776. The first-order valence-corrected chi connectivity index (χ1v) is 12.2. The minimum atomic E-state index is 0.632. The molecule has 2 fully saturated rings. The Morgan fingerprint density at radius 2 is 1.77 bits per heavy atom. The van der Waals surface area contributed by atoms with E-state index in [9.17, 15) is 0 Å². The number of hydrogen-bond donors (Lipinski definition) is 0. The Balaban J connectivity index is 1.30. The highest BCUT2D eigenvalue weighted by molar-refractivity contribution is 6.30. The van der Waals surface area contributed by atoms with Crippen LogP contribution in [0.4, 0.5) is 0 Å². The van der Waals surface area contributed by atoms with Gasteiger partial charge in [0.25, 0.3) is 0 Å². The van der Waals surface area contributed by atoms with Gasteiger partial charge in [0.15, 0.2) is 0 Å². The van der Waals surface area contributed by atoms with E-state index in [0.717, 1.165) is 28.8 Å². The zero-order chi connectivity index (χ0) is 21.0. The molecule has 0 amide bonds. The number of benzene rings is 2. The van der Waals surface area contributed by atoms with Crippen molar-refractivity contribution in [2.75, 3.05) is 19.6 Å². The molecular formula is C27H32ClN3. The fourth-order valence-electron chi connectivity index (χ4n) is 5.30. The maximum atomic E-state index is 6.08. The molecule has 162 valence electrons. The maximum absolute atomic E-state index is 6.08. The molecule has 4 heteroatoms. The number of imidazole rings is 1. The van der Waals surface area contributed by atoms with Gasteiger partial charge in [-0.2, -0.15) is 0 Å². The van der Waals surface area contributed by atoms with E-state index >= 15 is 0 Å². The molecule has 0 radical (unpaired) electrons. The summed E-state index contributed by atoms with van der Waals surface area (Å²) in [7, 11) is 0. The van der Waals surface area contributed by atoms with Crippen molar-refractivity contribution in [2.24, 2.45) is 11.8 Å². The third-order valence-electron chi connectivity index (χ3n) is 7.01. The summed E-state index contributed by atoms with van der Waals surface area (Å²) in [6.45, 7) is 4.55. The summed E-state index contributed by atoms with van der Waals surface area (Å²) < 4.78 is 2.32. The zero-order valence-electron chi connectivity index (χ0n) is 18.2. The van der Waals surface area contributed by atoms with Gasteiger partial charge in [-0.25, -0.2) is 4.98 Å². The zero-order valence-corrected chi connectivity index (χ0v) is 19.0. The van der Waals surface area contributed by atoms with Gasteiger partial charge in [-0.3, -0.25) is 0 Å². The van der Waals surface area contributed by atoms with Gasteiger partial charge in [0.05, 0.1) is 11.0 Å². The first kappa shape index (κ1) is 20.8. The average molecular weight is 434 g/mol. The van der Waals surface area contributed by atoms with Crippen LogP contribution in [0.15, 0.2) is 54.6 Å². The highest BCUT2D eigenvalue weighted by Crippen LogP contribution is 2.28. The Morgan fingerprint density at radius 1 is 0.968 bits per heavy atom. The van der Waals surface area contributed by atoms with E-state index in [2.05, 4.69) is 58.0 Å². The monoisotopic (exact) mass is 433 g/mol. The molecule has 3 nitrogen and oxygen atoms in total. The maximum Gasteiger partial charge on any atom is 0.133 e. The first-order valence-electron chi connectivity index (χ1n) is 11.8. The molecule has 1 saturated heterocycles. The highest BCUT2D eigenvalue weighted by atomic mass is 35.5. The Hall–Kier alpha value is -2.10. The smallest absolute Gasteiger partial charge is 0.133 e. The number of rotatable bonds is 6. The van der Waals surface area contributed by atoms with Crippen LogP contribution < -0.4 is 0 Å². The lowest BCUT2D eigenvalue weighted by Gasteiger charge is -2.26. The van der Waals surface area contributed by atoms with Gasteiger partial charge in [0.2, 0.25) is 0 Å². The van der Waals surface area contributed by atoms with Gasteiger partial charge < -0.3 is 9.47 Å². The van der Waals surface area contributed by atoms with Crippen molar-refractivity contribution < 1.29 is 0 Å². The van der Waals surface area contributed by atoms with Gasteiger partial charge in [0.1, 0.15) is 5.82 Å². The summed E-state index contributed by atoms with van der Waals surface area (Å²) in [5.41, 5.74) is 3.48. The standard InChI is InChI=1S/C27H32ClN3/c28-24-13-10-22(11-14-24)20-31-26-9-5-4-8-25(26)29-27(31)15-12-23-16-17-30(19-23)18-21-6-2-1-3-7-21/h4-5,8-15,21,23H,1-3,6-7,16-20H2/b15-12+. The third-order valence-corrected chi connectivity index (χ3v) is 7.26. The van der Waals surface area contributed by atoms with Crippen molar-refractivity contribution in [3.05, 3.63) is 71.0 Å². The molecule has 2 aromatic carbocycles. The molecule has 5 rings (SSSR count). The quantitative estimate of drug-likeness (QED) is 0.433. The lowest BCUT2D eigenvalue weighted by Crippen LogP contribution is -2.28. The average Bonchev–Trinajstić information content (AvgIpc) is 3.39. The Bertz CT molecular complexity index is 1030. The molecule has 2 aliphatic rings. The van der Waals surface area contributed by atoms with E-state index in [-0.39, 0.29) is 0 Å². The Kier molecular flexibility index (Phi) is 6.42. The summed E-state index contributed by atoms with van der Waals surface area (Å²) in [6.07, 6.45) is 13.1. The van der Waals surface area contributed by atoms with E-state index in [1.165, 1.54) is 69.2 Å². The van der Waals surface area contributed by atoms with Crippen LogP contribution in [-0.2, 0) is 6.54 Å². The fourth-order valence-corrected chi connectivity index (χ4v) is 5.43. The predicted molar refractivity (Wildman–Crippen MR) is 130 cm³/mol. The fraction of sp³-hybridized carbons (Fsp3) is 0.444. The molecule has 0 N–H and O–H groups in total. The number of aromatic nitrogens is 2. The second kappa shape index (κ2) is 9.58. The van der Waals surface area contributed by atoms with Crippen LogP contribution in [0.3, 0.4) is 0 Å². The molecule has 31 heavy (non-hydrogen) atoms. The summed E-state index contributed by atoms with van der Waals surface area (Å²) >= 11 is 6.08. The van der Waals surface area contributed by atoms with Crippen molar-refractivity contribution in [1.82, 2.24) is 14.5 Å². The number of halogens is 1. The molecule has 2 heterocycles. The van der Waals surface area contributed by atoms with Gasteiger partial charge in [-0.05, 0) is 73.5 Å². The first-order chi connectivity index (χ1) is 15.2. The lowest BCUT2D eigenvalue weighted by molar-refractivity contribution is 0.231. The lowest BCUT2D eigenvalue weighted by atomic mass is 9.89. The molecule has 0 spiro atoms. The predicted octanol–water partition coefficient (Wildman–Crippen LogP) is 6.65. The van der Waals surface area contributed by atoms with Crippen molar-refractivity contribution >= 4 is 28.7 Å². The third kappa shape index (κ3) is 5.05. The number of nitrogens with zero attached hydrogens (tertiary/aromatic N) is 3. The van der Waals surface area contributed by atoms with Crippen LogP contribution in [0.2, 0.25) is 5.02 Å². The Labute approximate surface area is 190 Å². The van der Waals surface area contributed by atoms with Crippen molar-refractivity contribution in [2.45, 2.75) is 45.1 Å². The van der Waals surface area contributed by atoms with Gasteiger partial charge in [0, 0.05) is 24.7 Å².